The summed E-state index contributed by atoms with van der Waals surface area (Å²) >= 11 is 2.44. The largest absolute Gasteiger partial charge is 0.425 e. The fourth-order valence-electron chi connectivity index (χ4n) is 3.18. The Morgan fingerprint density at radius 2 is 1.00 bits per heavy atom. The molecule has 0 aliphatic rings. The third kappa shape index (κ3) is 4.40. The maximum absolute atomic E-state index is 13.0. The second-order valence-corrected chi connectivity index (χ2v) is 10.2. The first-order chi connectivity index (χ1) is 15.6. The first-order valence-electron chi connectivity index (χ1n) is 9.31. The lowest BCUT2D eigenvalue weighted by atomic mass is 10.2. The summed E-state index contributed by atoms with van der Waals surface area (Å²) in [6.45, 7) is 0. The molecule has 0 amide bonds. The van der Waals surface area contributed by atoms with Gasteiger partial charge < -0.3 is 0 Å². The van der Waals surface area contributed by atoms with Crippen LogP contribution in [0.5, 0.6) is 0 Å². The monoisotopic (exact) mass is 512 g/mol. The summed E-state index contributed by atoms with van der Waals surface area (Å²) in [5, 5.41) is 0. The number of hydrogen-bond donors (Lipinski definition) is 0. The molecule has 0 aliphatic carbocycles. The van der Waals surface area contributed by atoms with E-state index < -0.39 is 22.1 Å². The van der Waals surface area contributed by atoms with Crippen LogP contribution in [0.3, 0.4) is 0 Å². The Hall–Kier alpha value is -2.76. The van der Waals surface area contributed by atoms with E-state index in [1.807, 2.05) is 0 Å². The van der Waals surface area contributed by atoms with Gasteiger partial charge in [0.05, 0.1) is 20.1 Å². The number of fused-ring (bicyclic) bond motifs is 2. The van der Waals surface area contributed by atoms with E-state index >= 15 is 0 Å². The third-order valence-corrected chi connectivity index (χ3v) is 7.83. The van der Waals surface area contributed by atoms with Gasteiger partial charge in [-0.2, -0.15) is 26.3 Å². The minimum absolute atomic E-state index is 0.391. The predicted octanol–water partition coefficient (Wildman–Crippen LogP) is 6.66. The van der Waals surface area contributed by atoms with Crippen LogP contribution in [0, 0.1) is 0 Å². The van der Waals surface area contributed by atoms with E-state index in [1.54, 1.807) is 36.4 Å². The minimum Gasteiger partial charge on any atom is -0.243 e. The van der Waals surface area contributed by atoms with E-state index in [2.05, 4.69) is 9.97 Å². The number of alkyl halides is 6. The summed E-state index contributed by atoms with van der Waals surface area (Å²) in [5.41, 5.74) is 2.20. The molecule has 168 valence electrons. The van der Waals surface area contributed by atoms with Crippen LogP contribution in [-0.2, 0) is 12.4 Å². The highest BCUT2D eigenvalue weighted by atomic mass is 32.1. The number of thiophene rings is 3. The molecule has 0 radical (unpaired) electrons. The van der Waals surface area contributed by atoms with Crippen molar-refractivity contribution in [1.29, 1.82) is 0 Å². The summed E-state index contributed by atoms with van der Waals surface area (Å²) in [7, 11) is 0. The summed E-state index contributed by atoms with van der Waals surface area (Å²) in [5.74, 6) is 0. The molecule has 11 heteroatoms. The molecule has 0 spiro atoms. The SMILES string of the molecule is FC(F)(F)c1ccc(C=c2sc(=Cc3ccc(C(F)(F)F)s3)c3nc4ccccc4nc23)s1. The van der Waals surface area contributed by atoms with E-state index in [0.29, 0.717) is 63.6 Å². The van der Waals surface area contributed by atoms with Gasteiger partial charge in [-0.25, -0.2) is 9.97 Å². The van der Waals surface area contributed by atoms with E-state index in [0.717, 1.165) is 12.1 Å². The van der Waals surface area contributed by atoms with Crippen molar-refractivity contribution in [2.45, 2.75) is 12.4 Å². The molecule has 0 bridgehead atoms. The topological polar surface area (TPSA) is 25.8 Å². The van der Waals surface area contributed by atoms with Crippen LogP contribution in [0.4, 0.5) is 26.3 Å². The second-order valence-electron chi connectivity index (χ2n) is 6.93. The number of nitrogens with zero attached hydrogens (tertiary/aromatic N) is 2. The first kappa shape index (κ1) is 22.1. The lowest BCUT2D eigenvalue weighted by Crippen LogP contribution is -2.00. The van der Waals surface area contributed by atoms with Gasteiger partial charge in [0.25, 0.3) is 0 Å². The molecule has 0 saturated heterocycles. The van der Waals surface area contributed by atoms with Gasteiger partial charge in [-0.1, -0.05) is 12.1 Å². The average Bonchev–Trinajstić information content (AvgIpc) is 3.47. The molecule has 5 aromatic rings. The summed E-state index contributed by atoms with van der Waals surface area (Å²) in [6, 6.07) is 11.9. The number of rotatable bonds is 2. The molecule has 5 rings (SSSR count). The van der Waals surface area contributed by atoms with Crippen molar-refractivity contribution in [3.63, 3.8) is 0 Å². The maximum atomic E-state index is 13.0. The van der Waals surface area contributed by atoms with Crippen molar-refractivity contribution in [1.82, 2.24) is 9.97 Å². The van der Waals surface area contributed by atoms with Crippen molar-refractivity contribution < 1.29 is 26.3 Å². The van der Waals surface area contributed by atoms with E-state index in [1.165, 1.54) is 23.5 Å². The van der Waals surface area contributed by atoms with Crippen molar-refractivity contribution in [3.8, 4) is 0 Å². The molecule has 1 aromatic carbocycles. The normalized spacial score (nSPS) is 14.1. The predicted molar refractivity (Wildman–Crippen MR) is 120 cm³/mol. The summed E-state index contributed by atoms with van der Waals surface area (Å²) < 4.78 is 79.1. The van der Waals surface area contributed by atoms with E-state index in [4.69, 9.17) is 0 Å². The Morgan fingerprint density at radius 3 is 1.36 bits per heavy atom. The van der Waals surface area contributed by atoms with Gasteiger partial charge in [0.2, 0.25) is 0 Å². The molecule has 4 heterocycles. The van der Waals surface area contributed by atoms with Gasteiger partial charge in [0.1, 0.15) is 20.8 Å². The van der Waals surface area contributed by atoms with Crippen LogP contribution in [0.25, 0.3) is 34.2 Å². The molecule has 33 heavy (non-hydrogen) atoms. The molecule has 0 fully saturated rings. The van der Waals surface area contributed by atoms with Gasteiger partial charge in [-0.05, 0) is 48.6 Å². The van der Waals surface area contributed by atoms with Gasteiger partial charge >= 0.3 is 12.4 Å². The highest BCUT2D eigenvalue weighted by Gasteiger charge is 2.33. The van der Waals surface area contributed by atoms with Crippen molar-refractivity contribution in [3.05, 3.63) is 77.1 Å². The fraction of sp³-hybridized carbons (Fsp3) is 0.0909. The fourth-order valence-corrected chi connectivity index (χ4v) is 6.05. The molecular formula is C22H10F6N2S3. The lowest BCUT2D eigenvalue weighted by molar-refractivity contribution is -0.135. The highest BCUT2D eigenvalue weighted by molar-refractivity contribution is 7.14. The number of para-hydroxylation sites is 2. The average molecular weight is 513 g/mol. The zero-order valence-electron chi connectivity index (χ0n) is 16.2. The molecule has 0 saturated carbocycles. The Morgan fingerprint density at radius 1 is 0.576 bits per heavy atom. The highest BCUT2D eigenvalue weighted by Crippen LogP contribution is 2.36. The van der Waals surface area contributed by atoms with Crippen LogP contribution in [0.2, 0.25) is 0 Å². The smallest absolute Gasteiger partial charge is 0.243 e. The Kier molecular flexibility index (Phi) is 5.30. The van der Waals surface area contributed by atoms with Gasteiger partial charge in [0, 0.05) is 9.75 Å². The van der Waals surface area contributed by atoms with Crippen molar-refractivity contribution >= 4 is 68.2 Å². The number of benzene rings is 1. The number of hydrogen-bond acceptors (Lipinski definition) is 5. The quantitative estimate of drug-likeness (QED) is 0.247. The van der Waals surface area contributed by atoms with Crippen LogP contribution >= 0.6 is 34.0 Å². The Bertz CT molecular complexity index is 1490. The van der Waals surface area contributed by atoms with Gasteiger partial charge in [-0.15, -0.1) is 34.0 Å². The van der Waals surface area contributed by atoms with E-state index in [9.17, 15) is 26.3 Å². The minimum atomic E-state index is -4.43. The van der Waals surface area contributed by atoms with Crippen LogP contribution in [0.1, 0.15) is 19.5 Å². The molecule has 4 aromatic heterocycles. The summed E-state index contributed by atoms with van der Waals surface area (Å²) in [4.78, 5) is 8.64. The summed E-state index contributed by atoms with van der Waals surface area (Å²) in [6.07, 6.45) is -5.66. The van der Waals surface area contributed by atoms with Gasteiger partial charge in [-0.3, -0.25) is 0 Å². The lowest BCUT2D eigenvalue weighted by Gasteiger charge is -2.00. The van der Waals surface area contributed by atoms with E-state index in [-0.39, 0.29) is 0 Å². The Labute approximate surface area is 193 Å². The zero-order chi connectivity index (χ0) is 23.4. The van der Waals surface area contributed by atoms with Crippen LogP contribution < -0.4 is 9.06 Å². The van der Waals surface area contributed by atoms with Crippen molar-refractivity contribution in [2.24, 2.45) is 0 Å². The van der Waals surface area contributed by atoms with Crippen molar-refractivity contribution in [2.75, 3.05) is 0 Å². The third-order valence-electron chi connectivity index (χ3n) is 4.62. The molecule has 0 N–H and O–H groups in total. The molecule has 2 nitrogen and oxygen atoms in total. The standard InChI is InChI=1S/C22H10F6N2S3/c23-21(24,25)17-7-5-11(31-17)9-15-19-20(30-14-4-2-1-3-13(14)29-19)16(33-15)10-12-6-8-18(32-12)22(26,27)28/h1-10H. The number of halogens is 6. The van der Waals surface area contributed by atoms with Crippen LogP contribution in [-0.4, -0.2) is 9.97 Å². The maximum Gasteiger partial charge on any atom is 0.425 e. The second kappa shape index (κ2) is 7.93. The molecule has 0 atom stereocenters. The Balaban J connectivity index is 1.74. The zero-order valence-corrected chi connectivity index (χ0v) is 18.6. The van der Waals surface area contributed by atoms with Gasteiger partial charge in [0.15, 0.2) is 0 Å². The van der Waals surface area contributed by atoms with Crippen LogP contribution in [0.15, 0.2) is 48.5 Å². The molecule has 0 aliphatic heterocycles. The first-order valence-corrected chi connectivity index (χ1v) is 11.8. The molecular weight excluding hydrogens is 502 g/mol. The molecule has 0 unspecified atom stereocenters. The number of aromatic nitrogens is 2.